The first kappa shape index (κ1) is 55.8. The smallest absolute Gasteiger partial charge is 0.302 e. The number of hydrogen-bond donors (Lipinski definition) is 4. The van der Waals surface area contributed by atoms with Crippen LogP contribution in [0.3, 0.4) is 0 Å². The molecule has 0 aliphatic carbocycles. The lowest BCUT2D eigenvalue weighted by atomic mass is 9.61. The molecule has 0 atom stereocenters. The number of carbonyl (C=O) groups is 4. The van der Waals surface area contributed by atoms with E-state index in [-0.39, 0.29) is 10.8 Å². The Balaban J connectivity index is 5.69. The third-order valence-corrected chi connectivity index (χ3v) is 27.2. The number of amides is 2. The molecule has 0 aromatic rings. The maximum Gasteiger partial charge on any atom is 0.302 e. The molecule has 10 nitrogen and oxygen atoms in total. The minimum Gasteiger partial charge on any atom is -0.412 e. The van der Waals surface area contributed by atoms with Gasteiger partial charge in [-0.15, -0.1) is 0 Å². The first-order valence-corrected chi connectivity index (χ1v) is 31.8. The van der Waals surface area contributed by atoms with Gasteiger partial charge in [-0.25, -0.2) is 5.43 Å². The third-order valence-electron chi connectivity index (χ3n) is 15.2. The van der Waals surface area contributed by atoms with Crippen LogP contribution in [-0.2, 0) is 28.0 Å². The molecule has 336 valence electrons. The summed E-state index contributed by atoms with van der Waals surface area (Å²) < 4.78 is 14.3. The Morgan fingerprint density at radius 2 is 1.04 bits per heavy atom. The summed E-state index contributed by atoms with van der Waals surface area (Å²) in [4.78, 5) is 54.0. The zero-order valence-electron chi connectivity index (χ0n) is 40.8. The second-order valence-corrected chi connectivity index (χ2v) is 34.2. The lowest BCUT2D eigenvalue weighted by Gasteiger charge is -2.51. The molecule has 13 heteroatoms. The molecule has 0 radical (unpaired) electrons. The van der Waals surface area contributed by atoms with Crippen molar-refractivity contribution in [3.63, 3.8) is 0 Å². The van der Waals surface area contributed by atoms with Crippen molar-refractivity contribution >= 4 is 48.1 Å². The molecule has 2 amide bonds. The number of ketones is 2. The van der Waals surface area contributed by atoms with Crippen molar-refractivity contribution in [2.45, 2.75) is 234 Å². The predicted octanol–water partition coefficient (Wildman–Crippen LogP) is 9.79. The van der Waals surface area contributed by atoms with E-state index < -0.39 is 69.7 Å². The summed E-state index contributed by atoms with van der Waals surface area (Å²) in [5.41, 5.74) is 3.21. The van der Waals surface area contributed by atoms with Crippen LogP contribution >= 0.6 is 0 Å². The summed E-state index contributed by atoms with van der Waals surface area (Å²) in [6.07, 6.45) is 6.91. The van der Waals surface area contributed by atoms with Gasteiger partial charge < -0.3 is 19.5 Å². The highest BCUT2D eigenvalue weighted by atomic mass is 28.4. The minimum absolute atomic E-state index is 0.203. The number of nitrogens with one attached hydrogen (secondary N) is 4. The molecule has 0 fully saturated rings. The van der Waals surface area contributed by atoms with Gasteiger partial charge in [0.05, 0.1) is 18.7 Å². The molecular weight excluding hydrogens is 765 g/mol. The second-order valence-electron chi connectivity index (χ2n) is 20.1. The Morgan fingerprint density at radius 3 is 1.47 bits per heavy atom. The zero-order chi connectivity index (χ0) is 45.0. The van der Waals surface area contributed by atoms with Crippen LogP contribution in [0.2, 0.25) is 51.4 Å². The van der Waals surface area contributed by atoms with E-state index in [1.807, 2.05) is 41.5 Å². The van der Waals surface area contributed by atoms with Gasteiger partial charge in [-0.2, -0.15) is 0 Å². The van der Waals surface area contributed by atoms with E-state index >= 15 is 0 Å². The van der Waals surface area contributed by atoms with Crippen molar-refractivity contribution in [2.75, 3.05) is 13.1 Å². The van der Waals surface area contributed by atoms with Gasteiger partial charge in [0.2, 0.25) is 19.9 Å². The number of Topliss-reactive ketones (excluding diaryl/α,β-unsaturated/α-hetero) is 2. The molecule has 0 saturated heterocycles. The summed E-state index contributed by atoms with van der Waals surface area (Å²) in [5.74, 6) is -2.33. The molecule has 4 N–H and O–H groups in total. The summed E-state index contributed by atoms with van der Waals surface area (Å²) in [5, 5.41) is 6.09. The molecule has 0 heterocycles. The van der Waals surface area contributed by atoms with Crippen molar-refractivity contribution in [1.82, 2.24) is 21.5 Å². The number of rotatable bonds is 30. The quantitative estimate of drug-likeness (QED) is 0.0243. The predicted molar refractivity (Wildman–Crippen MR) is 248 cm³/mol. The number of carbonyl (C=O) groups excluding carboxylic acids is 4. The molecule has 0 unspecified atom stereocenters. The van der Waals surface area contributed by atoms with Crippen LogP contribution in [0.4, 0.5) is 0 Å². The van der Waals surface area contributed by atoms with Crippen molar-refractivity contribution in [3.05, 3.63) is 0 Å². The maximum atomic E-state index is 14.2. The van der Waals surface area contributed by atoms with Crippen LogP contribution in [0.15, 0.2) is 0 Å². The summed E-state index contributed by atoms with van der Waals surface area (Å²) >= 11 is 0. The molecule has 0 saturated carbocycles. The van der Waals surface area contributed by atoms with Gasteiger partial charge in [0.25, 0.3) is 5.91 Å². The molecule has 57 heavy (non-hydrogen) atoms. The van der Waals surface area contributed by atoms with Gasteiger partial charge in [0, 0.05) is 28.3 Å². The van der Waals surface area contributed by atoms with Gasteiger partial charge in [0.15, 0.2) is 8.32 Å². The van der Waals surface area contributed by atoms with Crippen molar-refractivity contribution in [3.8, 4) is 0 Å². The molecule has 0 aliphatic heterocycles. The van der Waals surface area contributed by atoms with Gasteiger partial charge >= 0.3 is 5.91 Å². The zero-order valence-corrected chi connectivity index (χ0v) is 43.8. The van der Waals surface area contributed by atoms with Crippen LogP contribution in [0.25, 0.3) is 0 Å². The molecule has 0 aromatic heterocycles. The average molecular weight is 857 g/mol. The van der Waals surface area contributed by atoms with Gasteiger partial charge in [0.1, 0.15) is 0 Å². The van der Waals surface area contributed by atoms with Crippen LogP contribution in [-0.4, -0.2) is 82.7 Å². The van der Waals surface area contributed by atoms with Gasteiger partial charge in [-0.3, -0.25) is 24.6 Å². The Morgan fingerprint density at radius 1 is 0.544 bits per heavy atom. The lowest BCUT2D eigenvalue weighted by Crippen LogP contribution is -2.67. The van der Waals surface area contributed by atoms with Gasteiger partial charge in [-0.05, 0) is 138 Å². The summed E-state index contributed by atoms with van der Waals surface area (Å²) in [6.45, 7) is 44.5. The molecular formula is C44H92N4O6Si3. The van der Waals surface area contributed by atoms with Crippen molar-refractivity contribution in [1.29, 1.82) is 0 Å². The molecule has 0 rings (SSSR count). The first-order chi connectivity index (χ1) is 25.9. The third kappa shape index (κ3) is 13.9. The first-order valence-electron chi connectivity index (χ1n) is 22.5. The molecule has 0 aromatic carbocycles. The van der Waals surface area contributed by atoms with Crippen LogP contribution in [0, 0.1) is 10.8 Å². The second kappa shape index (κ2) is 22.0. The highest BCUT2D eigenvalue weighted by Crippen LogP contribution is 2.44. The summed E-state index contributed by atoms with van der Waals surface area (Å²) in [6, 6.07) is 2.01. The average Bonchev–Trinajstić information content (AvgIpc) is 3.14. The number of hydrogen-bond acceptors (Lipinski definition) is 8. The highest BCUT2D eigenvalue weighted by Gasteiger charge is 2.55. The molecule has 0 spiro atoms. The Bertz CT molecular complexity index is 1300. The molecule has 0 aliphatic rings. The van der Waals surface area contributed by atoms with E-state index in [1.165, 1.54) is 6.04 Å². The number of hydrazine groups is 1. The highest BCUT2D eigenvalue weighted by molar-refractivity contribution is 6.82. The van der Waals surface area contributed by atoms with Crippen LogP contribution < -0.4 is 21.5 Å². The van der Waals surface area contributed by atoms with E-state index in [4.69, 9.17) is 8.85 Å². The maximum absolute atomic E-state index is 14.2. The largest absolute Gasteiger partial charge is 0.412 e. The standard InChI is InChI=1S/C44H92N4O6Si3/c1-21-41(13,22-2)35(49)38(52)47-48-44(27-7,28-8)43(25-5,26-6)36(50)37(51)45-31-29-34-56(17,18)53-40(11,12)57(19,20)54-39(9,10)55(15,16)33-30-32-46-42(14,23-3)24-4/h46,48H,21-34H2,1-20H3,(H,45,51)(H,47,52). The van der Waals surface area contributed by atoms with Crippen LogP contribution in [0.5, 0.6) is 0 Å². The van der Waals surface area contributed by atoms with Crippen LogP contribution in [0.1, 0.15) is 161 Å². The van der Waals surface area contributed by atoms with E-state index in [2.05, 4.69) is 109 Å². The van der Waals surface area contributed by atoms with E-state index in [0.717, 1.165) is 31.9 Å². The SMILES string of the molecule is CCC(C)(CC)NCCC[Si](C)(C)C(C)(C)O[Si](C)(C)C(C)(C)O[Si](C)(C)CCCNC(=O)C(=O)C(CC)(CC)C(CC)(CC)NNC(=O)C(=O)C(C)(CC)CC. The Kier molecular flexibility index (Phi) is 21.6. The van der Waals surface area contributed by atoms with E-state index in [0.29, 0.717) is 51.5 Å². The summed E-state index contributed by atoms with van der Waals surface area (Å²) in [7, 11) is -6.37. The topological polar surface area (TPSA) is 135 Å². The molecule has 0 bridgehead atoms. The minimum atomic E-state index is -2.38. The fourth-order valence-corrected chi connectivity index (χ4v) is 17.6. The fraction of sp³-hybridized carbons (Fsp3) is 0.909. The monoisotopic (exact) mass is 857 g/mol. The lowest BCUT2D eigenvalue weighted by molar-refractivity contribution is -0.150. The van der Waals surface area contributed by atoms with Gasteiger partial charge in [-0.1, -0.05) is 81.5 Å². The Labute approximate surface area is 354 Å². The van der Waals surface area contributed by atoms with E-state index in [9.17, 15) is 19.2 Å². The fourth-order valence-electron chi connectivity index (χ4n) is 8.27. The Hall–Kier alpha value is -1.23. The van der Waals surface area contributed by atoms with Crippen molar-refractivity contribution < 1.29 is 28.0 Å². The normalized spacial score (nSPS) is 14.1. The van der Waals surface area contributed by atoms with Crippen molar-refractivity contribution in [2.24, 2.45) is 10.8 Å². The van der Waals surface area contributed by atoms with E-state index in [1.54, 1.807) is 6.92 Å².